The van der Waals surface area contributed by atoms with E-state index in [0.29, 0.717) is 32.6 Å². The van der Waals surface area contributed by atoms with Crippen LogP contribution in [0.2, 0.25) is 0 Å². The van der Waals surface area contributed by atoms with Gasteiger partial charge in [0, 0.05) is 38.6 Å². The van der Waals surface area contributed by atoms with Crippen molar-refractivity contribution >= 4 is 5.91 Å². The summed E-state index contributed by atoms with van der Waals surface area (Å²) < 4.78 is 13.2. The average molecular weight is 386 g/mol. The minimum absolute atomic E-state index is 0.0331. The summed E-state index contributed by atoms with van der Waals surface area (Å²) in [5, 5.41) is 19.2. The second-order valence-corrected chi connectivity index (χ2v) is 7.77. The highest BCUT2D eigenvalue weighted by atomic mass is 19.1. The molecule has 1 amide bonds. The van der Waals surface area contributed by atoms with Gasteiger partial charge in [0.1, 0.15) is 5.82 Å². The first-order valence-electron chi connectivity index (χ1n) is 9.60. The lowest BCUT2D eigenvalue weighted by atomic mass is 10.0. The Bertz CT molecular complexity index is 823. The highest BCUT2D eigenvalue weighted by Crippen LogP contribution is 2.27. The third kappa shape index (κ3) is 4.81. The van der Waals surface area contributed by atoms with Gasteiger partial charge in [0.15, 0.2) is 11.5 Å². The van der Waals surface area contributed by atoms with E-state index in [-0.39, 0.29) is 35.2 Å². The van der Waals surface area contributed by atoms with E-state index < -0.39 is 0 Å². The number of nitrogens with zero attached hydrogens (tertiary/aromatic N) is 2. The second kappa shape index (κ2) is 8.61. The lowest BCUT2D eigenvalue weighted by Gasteiger charge is -2.35. The van der Waals surface area contributed by atoms with Crippen LogP contribution in [0.25, 0.3) is 0 Å². The Balaban J connectivity index is 1.77. The van der Waals surface area contributed by atoms with Crippen LogP contribution in [0, 0.1) is 11.7 Å². The SMILES string of the molecule is CC(C)[C@H]1CN(Cc2ccc(O)c(O)c2)CCC(=O)N1Cc1ccc(F)cc1. The van der Waals surface area contributed by atoms with Crippen LogP contribution in [0.3, 0.4) is 0 Å². The molecule has 3 rings (SSSR count). The number of carbonyl (C=O) groups excluding carboxylic acids is 1. The lowest BCUT2D eigenvalue weighted by Crippen LogP contribution is -2.45. The number of phenols is 2. The standard InChI is InChI=1S/C22H27FN2O3/c1-15(2)19-14-24(12-17-5-8-20(26)21(27)11-17)10-9-22(28)25(19)13-16-3-6-18(23)7-4-16/h3-8,11,15,19,26-27H,9-10,12-14H2,1-2H3/t19-/m1/s1. The first-order chi connectivity index (χ1) is 13.3. The molecule has 28 heavy (non-hydrogen) atoms. The molecule has 1 atom stereocenters. The number of amides is 1. The van der Waals surface area contributed by atoms with E-state index in [2.05, 4.69) is 18.7 Å². The fourth-order valence-corrected chi connectivity index (χ4v) is 3.67. The molecule has 0 aliphatic carbocycles. The van der Waals surface area contributed by atoms with Crippen molar-refractivity contribution in [1.82, 2.24) is 9.80 Å². The summed E-state index contributed by atoms with van der Waals surface area (Å²) in [7, 11) is 0. The molecule has 0 saturated carbocycles. The highest BCUT2D eigenvalue weighted by Gasteiger charge is 2.31. The van der Waals surface area contributed by atoms with Crippen LogP contribution in [0.4, 0.5) is 4.39 Å². The quantitative estimate of drug-likeness (QED) is 0.772. The summed E-state index contributed by atoms with van der Waals surface area (Å²) in [4.78, 5) is 17.0. The van der Waals surface area contributed by atoms with Crippen molar-refractivity contribution in [2.24, 2.45) is 5.92 Å². The summed E-state index contributed by atoms with van der Waals surface area (Å²) in [5.74, 6) is -0.200. The van der Waals surface area contributed by atoms with Crippen LogP contribution in [-0.4, -0.2) is 45.1 Å². The van der Waals surface area contributed by atoms with Crippen molar-refractivity contribution in [2.45, 2.75) is 39.4 Å². The number of rotatable bonds is 5. The van der Waals surface area contributed by atoms with Gasteiger partial charge in [-0.25, -0.2) is 4.39 Å². The normalized spacial score (nSPS) is 18.5. The first kappa shape index (κ1) is 20.1. The fraction of sp³-hybridized carbons (Fsp3) is 0.409. The largest absolute Gasteiger partial charge is 0.504 e. The van der Waals surface area contributed by atoms with Gasteiger partial charge < -0.3 is 15.1 Å². The Labute approximate surface area is 165 Å². The smallest absolute Gasteiger partial charge is 0.224 e. The number of aromatic hydroxyl groups is 2. The Kier molecular flexibility index (Phi) is 6.19. The number of carbonyl (C=O) groups is 1. The average Bonchev–Trinajstić information content (AvgIpc) is 2.80. The Morgan fingerprint density at radius 1 is 1.04 bits per heavy atom. The zero-order valence-corrected chi connectivity index (χ0v) is 16.3. The van der Waals surface area contributed by atoms with Gasteiger partial charge in [-0.1, -0.05) is 32.0 Å². The van der Waals surface area contributed by atoms with Crippen LogP contribution in [0.1, 0.15) is 31.4 Å². The zero-order chi connectivity index (χ0) is 20.3. The molecule has 0 radical (unpaired) electrons. The molecule has 2 aromatic rings. The monoisotopic (exact) mass is 386 g/mol. The third-order valence-electron chi connectivity index (χ3n) is 5.29. The lowest BCUT2D eigenvalue weighted by molar-refractivity contribution is -0.134. The van der Waals surface area contributed by atoms with Gasteiger partial charge in [0.05, 0.1) is 0 Å². The Morgan fingerprint density at radius 3 is 2.36 bits per heavy atom. The predicted octanol–water partition coefficient (Wildman–Crippen LogP) is 3.50. The molecule has 2 N–H and O–H groups in total. The molecule has 1 aliphatic rings. The number of benzene rings is 2. The maximum atomic E-state index is 13.2. The van der Waals surface area contributed by atoms with Gasteiger partial charge in [-0.05, 0) is 41.3 Å². The number of halogens is 1. The molecule has 1 aliphatic heterocycles. The summed E-state index contributed by atoms with van der Waals surface area (Å²) in [5.41, 5.74) is 1.80. The molecule has 0 spiro atoms. The minimum atomic E-state index is -0.283. The van der Waals surface area contributed by atoms with E-state index in [4.69, 9.17) is 0 Å². The highest BCUT2D eigenvalue weighted by molar-refractivity contribution is 5.77. The number of hydrogen-bond acceptors (Lipinski definition) is 4. The van der Waals surface area contributed by atoms with Gasteiger partial charge in [0.25, 0.3) is 0 Å². The van der Waals surface area contributed by atoms with E-state index in [9.17, 15) is 19.4 Å². The fourth-order valence-electron chi connectivity index (χ4n) is 3.67. The third-order valence-corrected chi connectivity index (χ3v) is 5.29. The second-order valence-electron chi connectivity index (χ2n) is 7.77. The molecule has 150 valence electrons. The van der Waals surface area contributed by atoms with Gasteiger partial charge in [-0.15, -0.1) is 0 Å². The predicted molar refractivity (Wildman–Crippen MR) is 105 cm³/mol. The van der Waals surface area contributed by atoms with E-state index in [0.717, 1.165) is 11.1 Å². The van der Waals surface area contributed by atoms with Crippen LogP contribution in [0.15, 0.2) is 42.5 Å². The van der Waals surface area contributed by atoms with Gasteiger partial charge in [-0.3, -0.25) is 9.69 Å². The maximum absolute atomic E-state index is 13.2. The number of phenolic OH excluding ortho intramolecular Hbond substituents is 2. The first-order valence-corrected chi connectivity index (χ1v) is 9.60. The summed E-state index contributed by atoms with van der Waals surface area (Å²) in [6.45, 7) is 6.61. The molecule has 0 unspecified atom stereocenters. The molecule has 1 heterocycles. The molecule has 0 aromatic heterocycles. The van der Waals surface area contributed by atoms with Crippen molar-refractivity contribution in [1.29, 1.82) is 0 Å². The van der Waals surface area contributed by atoms with Crippen LogP contribution >= 0.6 is 0 Å². The van der Waals surface area contributed by atoms with E-state index in [1.807, 2.05) is 4.90 Å². The van der Waals surface area contributed by atoms with Gasteiger partial charge >= 0.3 is 0 Å². The van der Waals surface area contributed by atoms with Crippen LogP contribution in [-0.2, 0) is 17.9 Å². The summed E-state index contributed by atoms with van der Waals surface area (Å²) >= 11 is 0. The molecule has 6 heteroatoms. The molecule has 0 bridgehead atoms. The van der Waals surface area contributed by atoms with Crippen LogP contribution < -0.4 is 0 Å². The zero-order valence-electron chi connectivity index (χ0n) is 16.3. The number of hydrogen-bond donors (Lipinski definition) is 2. The van der Waals surface area contributed by atoms with Crippen molar-refractivity contribution in [3.05, 3.63) is 59.4 Å². The van der Waals surface area contributed by atoms with Crippen molar-refractivity contribution in [2.75, 3.05) is 13.1 Å². The van der Waals surface area contributed by atoms with Gasteiger partial charge in [0.2, 0.25) is 5.91 Å². The molecular weight excluding hydrogens is 359 g/mol. The van der Waals surface area contributed by atoms with Crippen LogP contribution in [0.5, 0.6) is 11.5 Å². The molecule has 5 nitrogen and oxygen atoms in total. The topological polar surface area (TPSA) is 64.0 Å². The van der Waals surface area contributed by atoms with Crippen molar-refractivity contribution in [3.8, 4) is 11.5 Å². The summed E-state index contributed by atoms with van der Waals surface area (Å²) in [6, 6.07) is 11.1. The van der Waals surface area contributed by atoms with E-state index in [1.54, 1.807) is 24.3 Å². The van der Waals surface area contributed by atoms with Crippen molar-refractivity contribution < 1.29 is 19.4 Å². The molecular formula is C22H27FN2O3. The Hall–Kier alpha value is -2.60. The molecule has 2 aromatic carbocycles. The molecule has 1 fully saturated rings. The van der Waals surface area contributed by atoms with Crippen molar-refractivity contribution in [3.63, 3.8) is 0 Å². The maximum Gasteiger partial charge on any atom is 0.224 e. The van der Waals surface area contributed by atoms with E-state index >= 15 is 0 Å². The van der Waals surface area contributed by atoms with Gasteiger partial charge in [-0.2, -0.15) is 0 Å². The molecule has 1 saturated heterocycles. The Morgan fingerprint density at radius 2 is 1.71 bits per heavy atom. The summed E-state index contributed by atoms with van der Waals surface area (Å²) in [6.07, 6.45) is 0.411. The van der Waals surface area contributed by atoms with E-state index in [1.165, 1.54) is 18.2 Å². The minimum Gasteiger partial charge on any atom is -0.504 e.